The normalized spacial score (nSPS) is 11.7. The zero-order chi connectivity index (χ0) is 13.5. The molecule has 1 aromatic rings. The molecule has 0 aliphatic heterocycles. The fourth-order valence-electron chi connectivity index (χ4n) is 1.25. The van der Waals surface area contributed by atoms with Crippen LogP contribution in [0.2, 0.25) is 0 Å². The molecule has 0 aliphatic carbocycles. The summed E-state index contributed by atoms with van der Waals surface area (Å²) in [6.45, 7) is 8.14. The van der Waals surface area contributed by atoms with Crippen LogP contribution in [0.4, 0.5) is 5.69 Å². The van der Waals surface area contributed by atoms with E-state index in [9.17, 15) is 0 Å². The molecule has 102 valence electrons. The van der Waals surface area contributed by atoms with Gasteiger partial charge >= 0.3 is 0 Å². The second-order valence-electron chi connectivity index (χ2n) is 4.48. The maximum atomic E-state index is 5.80. The van der Waals surface area contributed by atoms with Gasteiger partial charge in [-0.15, -0.1) is 11.8 Å². The summed E-state index contributed by atoms with van der Waals surface area (Å²) in [5, 5.41) is 0. The molecular formula is C13H22NO2PS. The minimum Gasteiger partial charge on any atom is -0.399 e. The minimum atomic E-state index is -0.839. The molecule has 1 aromatic carbocycles. The third kappa shape index (κ3) is 6.60. The van der Waals surface area contributed by atoms with E-state index < -0.39 is 8.38 Å². The van der Waals surface area contributed by atoms with Gasteiger partial charge in [-0.1, -0.05) is 0 Å². The molecule has 0 atom stereocenters. The molecule has 1 rings (SSSR count). The van der Waals surface area contributed by atoms with E-state index >= 15 is 0 Å². The molecule has 18 heavy (non-hydrogen) atoms. The topological polar surface area (TPSA) is 44.5 Å². The highest BCUT2D eigenvalue weighted by Gasteiger charge is 2.15. The molecule has 0 spiro atoms. The number of hydrogen-bond donors (Lipinski definition) is 1. The lowest BCUT2D eigenvalue weighted by atomic mass is 10.3. The Bertz CT molecular complexity index is 333. The number of nitrogen functional groups attached to an aromatic ring is 1. The van der Waals surface area contributed by atoms with Crippen molar-refractivity contribution in [2.45, 2.75) is 44.8 Å². The van der Waals surface area contributed by atoms with E-state index in [1.807, 2.05) is 52.0 Å². The third-order valence-electron chi connectivity index (χ3n) is 1.87. The second kappa shape index (κ2) is 8.00. The SMILES string of the molecule is CC(C)OP(CSc1ccc(N)cc1)OC(C)C. The van der Waals surface area contributed by atoms with Gasteiger partial charge in [0.25, 0.3) is 0 Å². The van der Waals surface area contributed by atoms with Gasteiger partial charge in [-0.3, -0.25) is 0 Å². The van der Waals surface area contributed by atoms with Crippen molar-refractivity contribution in [3.8, 4) is 0 Å². The number of nitrogens with two attached hydrogens (primary N) is 1. The van der Waals surface area contributed by atoms with Crippen molar-refractivity contribution in [3.05, 3.63) is 24.3 Å². The molecule has 0 saturated heterocycles. The second-order valence-corrected chi connectivity index (χ2v) is 7.36. The van der Waals surface area contributed by atoms with Crippen LogP contribution in [0.3, 0.4) is 0 Å². The summed E-state index contributed by atoms with van der Waals surface area (Å²) in [4.78, 5) is 1.19. The number of hydrogen-bond acceptors (Lipinski definition) is 4. The molecule has 0 unspecified atom stereocenters. The van der Waals surface area contributed by atoms with Crippen molar-refractivity contribution in [2.75, 3.05) is 11.2 Å². The van der Waals surface area contributed by atoms with Gasteiger partial charge < -0.3 is 14.8 Å². The van der Waals surface area contributed by atoms with Crippen molar-refractivity contribution in [2.24, 2.45) is 0 Å². The van der Waals surface area contributed by atoms with Crippen molar-refractivity contribution in [3.63, 3.8) is 0 Å². The number of anilines is 1. The largest absolute Gasteiger partial charge is 0.399 e. The number of benzene rings is 1. The average molecular weight is 287 g/mol. The molecular weight excluding hydrogens is 265 g/mol. The van der Waals surface area contributed by atoms with Crippen molar-refractivity contribution in [1.29, 1.82) is 0 Å². The monoisotopic (exact) mass is 287 g/mol. The van der Waals surface area contributed by atoms with E-state index in [1.54, 1.807) is 11.8 Å². The van der Waals surface area contributed by atoms with Crippen LogP contribution in [0.5, 0.6) is 0 Å². The fraction of sp³-hybridized carbons (Fsp3) is 0.538. The van der Waals surface area contributed by atoms with Gasteiger partial charge in [0.05, 0.1) is 17.7 Å². The Balaban J connectivity index is 2.47. The molecule has 0 aromatic heterocycles. The van der Waals surface area contributed by atoms with E-state index in [2.05, 4.69) is 0 Å². The molecule has 0 amide bonds. The van der Waals surface area contributed by atoms with Gasteiger partial charge in [0.15, 0.2) is 8.38 Å². The van der Waals surface area contributed by atoms with E-state index in [0.717, 1.165) is 11.2 Å². The zero-order valence-corrected chi connectivity index (χ0v) is 13.1. The lowest BCUT2D eigenvalue weighted by Gasteiger charge is -2.21. The highest BCUT2D eigenvalue weighted by atomic mass is 32.2. The predicted molar refractivity (Wildman–Crippen MR) is 80.9 cm³/mol. The molecule has 0 saturated carbocycles. The molecule has 0 fully saturated rings. The minimum absolute atomic E-state index is 0.196. The number of thioether (sulfide) groups is 1. The summed E-state index contributed by atoms with van der Waals surface area (Å²) in [7, 11) is -0.839. The Kier molecular flexibility index (Phi) is 7.02. The van der Waals surface area contributed by atoms with Crippen molar-refractivity contribution >= 4 is 25.8 Å². The van der Waals surface area contributed by atoms with E-state index in [4.69, 9.17) is 14.8 Å². The maximum absolute atomic E-state index is 5.80. The molecule has 2 N–H and O–H groups in total. The van der Waals surface area contributed by atoms with Crippen LogP contribution >= 0.6 is 20.1 Å². The lowest BCUT2D eigenvalue weighted by molar-refractivity contribution is 0.180. The Labute approximate surface area is 115 Å². The van der Waals surface area contributed by atoms with Crippen LogP contribution in [-0.2, 0) is 9.05 Å². The molecule has 0 aliphatic rings. The van der Waals surface area contributed by atoms with E-state index in [1.165, 1.54) is 4.90 Å². The first kappa shape index (κ1) is 15.8. The quantitative estimate of drug-likeness (QED) is 0.456. The summed E-state index contributed by atoms with van der Waals surface area (Å²) >= 11 is 1.74. The van der Waals surface area contributed by atoms with Gasteiger partial charge in [0.1, 0.15) is 0 Å². The maximum Gasteiger partial charge on any atom is 0.182 e. The summed E-state index contributed by atoms with van der Waals surface area (Å²) in [6.07, 6.45) is 0.392. The lowest BCUT2D eigenvalue weighted by Crippen LogP contribution is -2.05. The van der Waals surface area contributed by atoms with E-state index in [-0.39, 0.29) is 12.2 Å². The van der Waals surface area contributed by atoms with Crippen LogP contribution in [0, 0.1) is 0 Å². The van der Waals surface area contributed by atoms with Gasteiger partial charge in [-0.05, 0) is 52.0 Å². The molecule has 0 radical (unpaired) electrons. The van der Waals surface area contributed by atoms with Crippen molar-refractivity contribution in [1.82, 2.24) is 0 Å². The van der Waals surface area contributed by atoms with Crippen LogP contribution in [-0.4, -0.2) is 17.7 Å². The van der Waals surface area contributed by atoms with Gasteiger partial charge in [-0.25, -0.2) is 0 Å². The van der Waals surface area contributed by atoms with Crippen molar-refractivity contribution < 1.29 is 9.05 Å². The summed E-state index contributed by atoms with van der Waals surface area (Å²) in [5.41, 5.74) is 7.29. The van der Waals surface area contributed by atoms with E-state index in [0.29, 0.717) is 0 Å². The standard InChI is InChI=1S/C13H22NO2PS/c1-10(2)15-17(16-11(3)4)9-18-13-7-5-12(14)6-8-13/h5-8,10-11H,9,14H2,1-4H3. The number of rotatable bonds is 7. The summed E-state index contributed by atoms with van der Waals surface area (Å²) in [6, 6.07) is 7.88. The van der Waals surface area contributed by atoms with Crippen LogP contribution in [0.25, 0.3) is 0 Å². The molecule has 3 nitrogen and oxygen atoms in total. The Morgan fingerprint density at radius 2 is 1.56 bits per heavy atom. The predicted octanol–water partition coefficient (Wildman–Crippen LogP) is 4.48. The Morgan fingerprint density at radius 1 is 1.06 bits per heavy atom. The summed E-state index contributed by atoms with van der Waals surface area (Å²) in [5.74, 6) is 0. The van der Waals surface area contributed by atoms with Crippen LogP contribution in [0.1, 0.15) is 27.7 Å². The summed E-state index contributed by atoms with van der Waals surface area (Å²) < 4.78 is 11.6. The fourth-order valence-corrected chi connectivity index (χ4v) is 4.07. The van der Waals surface area contributed by atoms with Gasteiger partial charge in [-0.2, -0.15) is 0 Å². The third-order valence-corrected chi connectivity index (χ3v) is 5.15. The first-order valence-corrected chi connectivity index (χ1v) is 8.41. The molecule has 0 bridgehead atoms. The highest BCUT2D eigenvalue weighted by Crippen LogP contribution is 2.45. The Hall–Kier alpha value is -0.280. The Morgan fingerprint density at radius 3 is 2.00 bits per heavy atom. The smallest absolute Gasteiger partial charge is 0.182 e. The van der Waals surface area contributed by atoms with Crippen LogP contribution < -0.4 is 5.73 Å². The zero-order valence-electron chi connectivity index (χ0n) is 11.4. The highest BCUT2D eigenvalue weighted by molar-refractivity contribution is 8.04. The first-order valence-electron chi connectivity index (χ1n) is 6.07. The van der Waals surface area contributed by atoms with Gasteiger partial charge in [0.2, 0.25) is 0 Å². The van der Waals surface area contributed by atoms with Gasteiger partial charge in [0, 0.05) is 10.6 Å². The first-order chi connectivity index (χ1) is 8.47. The van der Waals surface area contributed by atoms with Crippen LogP contribution in [0.15, 0.2) is 29.2 Å². The molecule has 5 heteroatoms. The molecule has 0 heterocycles. The average Bonchev–Trinajstić information content (AvgIpc) is 2.26.